The predicted octanol–water partition coefficient (Wildman–Crippen LogP) is 2.56. The predicted molar refractivity (Wildman–Crippen MR) is 66.6 cm³/mol. The molecule has 0 spiro atoms. The average Bonchev–Trinajstić information content (AvgIpc) is 3.11. The first-order valence-electron chi connectivity index (χ1n) is 6.11. The lowest BCUT2D eigenvalue weighted by molar-refractivity contribution is 0.0751. The van der Waals surface area contributed by atoms with Crippen molar-refractivity contribution in [3.63, 3.8) is 0 Å². The van der Waals surface area contributed by atoms with Gasteiger partial charge in [-0.05, 0) is 37.0 Å². The summed E-state index contributed by atoms with van der Waals surface area (Å²) in [4.78, 5) is 4.30. The van der Waals surface area contributed by atoms with Gasteiger partial charge in [0.25, 0.3) is 5.89 Å². The Balaban J connectivity index is 1.89. The number of methoxy groups -OCH3 is 1. The van der Waals surface area contributed by atoms with Gasteiger partial charge in [0.1, 0.15) is 11.9 Å². The third kappa shape index (κ3) is 2.31. The van der Waals surface area contributed by atoms with Crippen LogP contribution in [0, 0.1) is 11.7 Å². The monoisotopic (exact) mass is 263 g/mol. The van der Waals surface area contributed by atoms with Gasteiger partial charge >= 0.3 is 0 Å². The molecule has 1 saturated carbocycles. The van der Waals surface area contributed by atoms with Crippen LogP contribution in [0.2, 0.25) is 0 Å². The molecule has 0 amide bonds. The number of ether oxygens (including phenoxy) is 1. The second-order valence-electron chi connectivity index (χ2n) is 4.69. The van der Waals surface area contributed by atoms with E-state index in [4.69, 9.17) is 15.0 Å². The molecule has 0 bridgehead atoms. The number of benzene rings is 1. The minimum absolute atomic E-state index is 0.0581. The minimum Gasteiger partial charge on any atom is -0.396 e. The Kier molecular flexibility index (Phi) is 2.94. The molecule has 19 heavy (non-hydrogen) atoms. The van der Waals surface area contributed by atoms with Crippen LogP contribution in [0.3, 0.4) is 0 Å². The Hall–Kier alpha value is -1.95. The van der Waals surface area contributed by atoms with Crippen molar-refractivity contribution < 1.29 is 13.7 Å². The van der Waals surface area contributed by atoms with E-state index in [-0.39, 0.29) is 11.8 Å². The van der Waals surface area contributed by atoms with E-state index in [0.717, 1.165) is 12.8 Å². The number of rotatable bonds is 4. The van der Waals surface area contributed by atoms with Gasteiger partial charge in [-0.15, -0.1) is 0 Å². The summed E-state index contributed by atoms with van der Waals surface area (Å²) in [6, 6.07) is 4.32. The highest BCUT2D eigenvalue weighted by atomic mass is 19.1. The SMILES string of the molecule is COC(c1noc(-c2ccc(F)c(N)c2)n1)C1CC1. The fourth-order valence-electron chi connectivity index (χ4n) is 2.05. The van der Waals surface area contributed by atoms with Crippen molar-refractivity contribution in [2.24, 2.45) is 5.92 Å². The average molecular weight is 263 g/mol. The Morgan fingerprint density at radius 2 is 2.26 bits per heavy atom. The second kappa shape index (κ2) is 4.62. The summed E-state index contributed by atoms with van der Waals surface area (Å²) >= 11 is 0. The fourth-order valence-corrected chi connectivity index (χ4v) is 2.05. The van der Waals surface area contributed by atoms with E-state index in [0.29, 0.717) is 23.2 Å². The molecule has 0 saturated heterocycles. The van der Waals surface area contributed by atoms with E-state index < -0.39 is 5.82 Å². The second-order valence-corrected chi connectivity index (χ2v) is 4.69. The molecule has 2 N–H and O–H groups in total. The zero-order valence-electron chi connectivity index (χ0n) is 10.5. The van der Waals surface area contributed by atoms with Crippen molar-refractivity contribution in [3.8, 4) is 11.5 Å². The normalized spacial score (nSPS) is 16.5. The number of hydrogen-bond donors (Lipinski definition) is 1. The minimum atomic E-state index is -0.462. The number of hydrogen-bond acceptors (Lipinski definition) is 5. The maximum Gasteiger partial charge on any atom is 0.258 e. The molecular weight excluding hydrogens is 249 g/mol. The molecular formula is C13H14FN3O2. The lowest BCUT2D eigenvalue weighted by atomic mass is 10.2. The molecule has 1 aliphatic carbocycles. The molecule has 1 heterocycles. The van der Waals surface area contributed by atoms with Crippen LogP contribution in [0.1, 0.15) is 24.8 Å². The van der Waals surface area contributed by atoms with E-state index in [1.54, 1.807) is 13.2 Å². The zero-order valence-corrected chi connectivity index (χ0v) is 10.5. The molecule has 100 valence electrons. The third-order valence-electron chi connectivity index (χ3n) is 3.24. The van der Waals surface area contributed by atoms with Crippen LogP contribution in [0.4, 0.5) is 10.1 Å². The zero-order chi connectivity index (χ0) is 13.4. The summed E-state index contributed by atoms with van der Waals surface area (Å²) in [5, 5.41) is 3.93. The lowest BCUT2D eigenvalue weighted by Gasteiger charge is -2.08. The van der Waals surface area contributed by atoms with E-state index in [1.807, 2.05) is 0 Å². The van der Waals surface area contributed by atoms with E-state index in [9.17, 15) is 4.39 Å². The number of aromatic nitrogens is 2. The molecule has 2 aromatic rings. The van der Waals surface area contributed by atoms with Crippen LogP contribution < -0.4 is 5.73 Å². The maximum absolute atomic E-state index is 13.1. The van der Waals surface area contributed by atoms with Gasteiger partial charge in [0.05, 0.1) is 5.69 Å². The standard InChI is InChI=1S/C13H14FN3O2/c1-18-11(7-2-3-7)12-16-13(19-17-12)8-4-5-9(14)10(15)6-8/h4-7,11H,2-3,15H2,1H3. The van der Waals surface area contributed by atoms with Crippen LogP contribution in [-0.4, -0.2) is 17.3 Å². The Labute approximate surface area is 109 Å². The number of nitrogens with two attached hydrogens (primary N) is 1. The first-order chi connectivity index (χ1) is 9.19. The van der Waals surface area contributed by atoms with Crippen molar-refractivity contribution in [1.82, 2.24) is 10.1 Å². The number of halogens is 1. The van der Waals surface area contributed by atoms with Gasteiger partial charge in [-0.2, -0.15) is 4.98 Å². The highest BCUT2D eigenvalue weighted by Crippen LogP contribution is 2.42. The summed E-state index contributed by atoms with van der Waals surface area (Å²) in [7, 11) is 1.63. The van der Waals surface area contributed by atoms with Gasteiger partial charge in [0.15, 0.2) is 0 Å². The molecule has 1 fully saturated rings. The van der Waals surface area contributed by atoms with E-state index >= 15 is 0 Å². The van der Waals surface area contributed by atoms with Crippen LogP contribution in [0.15, 0.2) is 22.7 Å². The molecule has 5 nitrogen and oxygen atoms in total. The van der Waals surface area contributed by atoms with E-state index in [1.165, 1.54) is 12.1 Å². The van der Waals surface area contributed by atoms with Crippen molar-refractivity contribution in [2.75, 3.05) is 12.8 Å². The molecule has 0 radical (unpaired) electrons. The van der Waals surface area contributed by atoms with Crippen molar-refractivity contribution >= 4 is 5.69 Å². The topological polar surface area (TPSA) is 74.2 Å². The summed E-state index contributed by atoms with van der Waals surface area (Å²) < 4.78 is 23.7. The van der Waals surface area contributed by atoms with Gasteiger partial charge in [-0.25, -0.2) is 4.39 Å². The fraction of sp³-hybridized carbons (Fsp3) is 0.385. The quantitative estimate of drug-likeness (QED) is 0.858. The highest BCUT2D eigenvalue weighted by molar-refractivity contribution is 5.60. The molecule has 1 atom stereocenters. The Morgan fingerprint density at radius 3 is 2.89 bits per heavy atom. The van der Waals surface area contributed by atoms with Crippen LogP contribution in [-0.2, 0) is 4.74 Å². The van der Waals surface area contributed by atoms with Gasteiger partial charge < -0.3 is 15.0 Å². The molecule has 1 unspecified atom stereocenters. The van der Waals surface area contributed by atoms with Gasteiger partial charge in [-0.3, -0.25) is 0 Å². The molecule has 3 rings (SSSR count). The molecule has 1 aliphatic rings. The van der Waals surface area contributed by atoms with Crippen molar-refractivity contribution in [3.05, 3.63) is 29.8 Å². The molecule has 6 heteroatoms. The first kappa shape index (κ1) is 12.1. The van der Waals surface area contributed by atoms with Crippen LogP contribution >= 0.6 is 0 Å². The van der Waals surface area contributed by atoms with Crippen LogP contribution in [0.5, 0.6) is 0 Å². The summed E-state index contributed by atoms with van der Waals surface area (Å²) in [6.45, 7) is 0. The number of nitrogen functional groups attached to an aromatic ring is 1. The molecule has 1 aromatic carbocycles. The smallest absolute Gasteiger partial charge is 0.258 e. The van der Waals surface area contributed by atoms with Crippen molar-refractivity contribution in [1.29, 1.82) is 0 Å². The lowest BCUT2D eigenvalue weighted by Crippen LogP contribution is -2.05. The Morgan fingerprint density at radius 1 is 1.47 bits per heavy atom. The first-order valence-corrected chi connectivity index (χ1v) is 6.11. The maximum atomic E-state index is 13.1. The Bertz CT molecular complexity index is 595. The number of nitrogens with zero attached hydrogens (tertiary/aromatic N) is 2. The molecule has 1 aromatic heterocycles. The molecule has 0 aliphatic heterocycles. The highest BCUT2D eigenvalue weighted by Gasteiger charge is 2.35. The van der Waals surface area contributed by atoms with E-state index in [2.05, 4.69) is 10.1 Å². The summed E-state index contributed by atoms with van der Waals surface area (Å²) in [5.74, 6) is 0.859. The van der Waals surface area contributed by atoms with Gasteiger partial charge in [-0.1, -0.05) is 5.16 Å². The number of anilines is 1. The summed E-state index contributed by atoms with van der Waals surface area (Å²) in [5.41, 5.74) is 6.18. The largest absolute Gasteiger partial charge is 0.396 e. The third-order valence-corrected chi connectivity index (χ3v) is 3.24. The summed E-state index contributed by atoms with van der Waals surface area (Å²) in [6.07, 6.45) is 2.10. The van der Waals surface area contributed by atoms with Gasteiger partial charge in [0, 0.05) is 12.7 Å². The van der Waals surface area contributed by atoms with Gasteiger partial charge in [0.2, 0.25) is 5.82 Å². The van der Waals surface area contributed by atoms with Crippen LogP contribution in [0.25, 0.3) is 11.5 Å². The van der Waals surface area contributed by atoms with Crippen molar-refractivity contribution in [2.45, 2.75) is 18.9 Å².